The molecular weight excluding hydrogens is 144 g/mol. The van der Waals surface area contributed by atoms with Crippen molar-refractivity contribution >= 4 is 0 Å². The lowest BCUT2D eigenvalue weighted by molar-refractivity contribution is 0.400. The zero-order chi connectivity index (χ0) is 8.39. The van der Waals surface area contributed by atoms with Gasteiger partial charge in [-0.25, -0.2) is 0 Å². The van der Waals surface area contributed by atoms with E-state index >= 15 is 0 Å². The molecule has 0 aliphatic heterocycles. The highest BCUT2D eigenvalue weighted by Gasteiger charge is 2.18. The summed E-state index contributed by atoms with van der Waals surface area (Å²) >= 11 is 0. The lowest BCUT2D eigenvalue weighted by Crippen LogP contribution is -2.07. The van der Waals surface area contributed by atoms with E-state index in [2.05, 4.69) is 19.1 Å². The Bertz CT molecular complexity index is 214. The van der Waals surface area contributed by atoms with Gasteiger partial charge in [-0.3, -0.25) is 0 Å². The molecule has 0 radical (unpaired) electrons. The molecule has 1 fully saturated rings. The van der Waals surface area contributed by atoms with Crippen LogP contribution >= 0.6 is 0 Å². The molecule has 66 valence electrons. The van der Waals surface area contributed by atoms with Crippen LogP contribution < -0.4 is 0 Å². The van der Waals surface area contributed by atoms with E-state index in [0.29, 0.717) is 0 Å². The highest BCUT2D eigenvalue weighted by Crippen LogP contribution is 2.34. The average Bonchev–Trinajstić information content (AvgIpc) is 2.54. The van der Waals surface area contributed by atoms with Crippen molar-refractivity contribution < 1.29 is 0 Å². The SMILES string of the molecule is CC1=CCC(C2CCCCC2)=C1. The van der Waals surface area contributed by atoms with Gasteiger partial charge >= 0.3 is 0 Å². The van der Waals surface area contributed by atoms with Gasteiger partial charge in [0.1, 0.15) is 0 Å². The van der Waals surface area contributed by atoms with E-state index in [1.165, 1.54) is 44.1 Å². The topological polar surface area (TPSA) is 0 Å². The lowest BCUT2D eigenvalue weighted by Gasteiger charge is -2.22. The molecule has 0 unspecified atom stereocenters. The minimum absolute atomic E-state index is 0.937. The Morgan fingerprint density at radius 3 is 2.50 bits per heavy atom. The molecule has 2 aliphatic carbocycles. The molecule has 0 aromatic rings. The molecule has 1 saturated carbocycles. The van der Waals surface area contributed by atoms with E-state index in [0.717, 1.165) is 5.92 Å². The second-order valence-electron chi connectivity index (χ2n) is 4.21. The van der Waals surface area contributed by atoms with Crippen molar-refractivity contribution in [1.82, 2.24) is 0 Å². The largest absolute Gasteiger partial charge is 0.0775 e. The summed E-state index contributed by atoms with van der Waals surface area (Å²) < 4.78 is 0. The fourth-order valence-corrected chi connectivity index (χ4v) is 2.45. The first-order chi connectivity index (χ1) is 5.86. The fraction of sp³-hybridized carbons (Fsp3) is 0.667. The first-order valence-electron chi connectivity index (χ1n) is 5.23. The van der Waals surface area contributed by atoms with E-state index in [4.69, 9.17) is 0 Å². The lowest BCUT2D eigenvalue weighted by atomic mass is 9.83. The van der Waals surface area contributed by atoms with Crippen molar-refractivity contribution in [3.8, 4) is 0 Å². The van der Waals surface area contributed by atoms with Gasteiger partial charge in [-0.05, 0) is 32.1 Å². The van der Waals surface area contributed by atoms with Gasteiger partial charge in [-0.2, -0.15) is 0 Å². The summed E-state index contributed by atoms with van der Waals surface area (Å²) in [6, 6.07) is 0. The standard InChI is InChI=1S/C12H18/c1-10-7-8-12(9-10)11-5-3-2-4-6-11/h7,9,11H,2-6,8H2,1H3. The van der Waals surface area contributed by atoms with Gasteiger partial charge in [0.25, 0.3) is 0 Å². The Hall–Kier alpha value is -0.520. The summed E-state index contributed by atoms with van der Waals surface area (Å²) in [4.78, 5) is 0. The van der Waals surface area contributed by atoms with Gasteiger partial charge in [0.2, 0.25) is 0 Å². The maximum Gasteiger partial charge on any atom is -0.0127 e. The molecule has 0 heterocycles. The maximum absolute atomic E-state index is 2.41. The van der Waals surface area contributed by atoms with Crippen molar-refractivity contribution in [2.24, 2.45) is 5.92 Å². The number of allylic oxidation sites excluding steroid dienone is 4. The second-order valence-corrected chi connectivity index (χ2v) is 4.21. The van der Waals surface area contributed by atoms with Crippen molar-refractivity contribution in [1.29, 1.82) is 0 Å². The summed E-state index contributed by atoms with van der Waals surface area (Å²) in [6.45, 7) is 2.22. The minimum atomic E-state index is 0.937. The summed E-state index contributed by atoms with van der Waals surface area (Å²) in [5.41, 5.74) is 3.20. The minimum Gasteiger partial charge on any atom is -0.0775 e. The average molecular weight is 162 g/mol. The molecule has 0 bridgehead atoms. The summed E-state index contributed by atoms with van der Waals surface area (Å²) in [5, 5.41) is 0. The quantitative estimate of drug-likeness (QED) is 0.549. The number of hydrogen-bond donors (Lipinski definition) is 0. The Kier molecular flexibility index (Phi) is 2.34. The van der Waals surface area contributed by atoms with Crippen molar-refractivity contribution in [2.75, 3.05) is 0 Å². The van der Waals surface area contributed by atoms with Crippen LogP contribution in [0.25, 0.3) is 0 Å². The summed E-state index contributed by atoms with van der Waals surface area (Å²) in [7, 11) is 0. The van der Waals surface area contributed by atoms with E-state index in [-0.39, 0.29) is 0 Å². The zero-order valence-electron chi connectivity index (χ0n) is 7.97. The van der Waals surface area contributed by atoms with Gasteiger partial charge < -0.3 is 0 Å². The number of rotatable bonds is 1. The fourth-order valence-electron chi connectivity index (χ4n) is 2.45. The molecule has 0 atom stereocenters. The zero-order valence-corrected chi connectivity index (χ0v) is 7.97. The Balaban J connectivity index is 1.96. The van der Waals surface area contributed by atoms with Crippen LogP contribution in [0.1, 0.15) is 45.4 Å². The van der Waals surface area contributed by atoms with E-state index in [1.807, 2.05) is 0 Å². The molecule has 2 aliphatic rings. The molecule has 12 heavy (non-hydrogen) atoms. The van der Waals surface area contributed by atoms with E-state index in [9.17, 15) is 0 Å². The summed E-state index contributed by atoms with van der Waals surface area (Å²) in [5.74, 6) is 0.937. The highest BCUT2D eigenvalue weighted by atomic mass is 14.2. The van der Waals surface area contributed by atoms with Crippen LogP contribution in [0, 0.1) is 5.92 Å². The molecule has 2 rings (SSSR count). The van der Waals surface area contributed by atoms with Crippen LogP contribution in [-0.4, -0.2) is 0 Å². The molecule has 0 heteroatoms. The Morgan fingerprint density at radius 1 is 1.17 bits per heavy atom. The molecule has 0 aromatic heterocycles. The third kappa shape index (κ3) is 1.63. The smallest absolute Gasteiger partial charge is 0.0127 e. The highest BCUT2D eigenvalue weighted by molar-refractivity contribution is 5.32. The van der Waals surface area contributed by atoms with Crippen LogP contribution in [-0.2, 0) is 0 Å². The van der Waals surface area contributed by atoms with Crippen molar-refractivity contribution in [2.45, 2.75) is 45.4 Å². The maximum atomic E-state index is 2.41. The third-order valence-corrected chi connectivity index (χ3v) is 3.20. The van der Waals surface area contributed by atoms with Gasteiger partial charge in [-0.1, -0.05) is 42.6 Å². The van der Waals surface area contributed by atoms with Crippen molar-refractivity contribution in [3.63, 3.8) is 0 Å². The van der Waals surface area contributed by atoms with Gasteiger partial charge in [0.05, 0.1) is 0 Å². The molecular formula is C12H18. The second kappa shape index (κ2) is 3.47. The molecule has 0 aromatic carbocycles. The third-order valence-electron chi connectivity index (χ3n) is 3.20. The van der Waals surface area contributed by atoms with Gasteiger partial charge in [-0.15, -0.1) is 0 Å². The monoisotopic (exact) mass is 162 g/mol. The molecule has 0 spiro atoms. The van der Waals surface area contributed by atoms with E-state index < -0.39 is 0 Å². The number of hydrogen-bond acceptors (Lipinski definition) is 0. The van der Waals surface area contributed by atoms with Crippen LogP contribution in [0.3, 0.4) is 0 Å². The van der Waals surface area contributed by atoms with Gasteiger partial charge in [0, 0.05) is 0 Å². The Labute approximate surface area is 75.4 Å². The predicted octanol–water partition coefficient (Wildman–Crippen LogP) is 3.84. The first kappa shape index (κ1) is 8.10. The Morgan fingerprint density at radius 2 is 1.92 bits per heavy atom. The van der Waals surface area contributed by atoms with E-state index in [1.54, 1.807) is 5.57 Å². The normalized spacial score (nSPS) is 25.4. The molecule has 0 nitrogen and oxygen atoms in total. The summed E-state index contributed by atoms with van der Waals surface area (Å²) in [6.07, 6.45) is 13.3. The van der Waals surface area contributed by atoms with Crippen LogP contribution in [0.5, 0.6) is 0 Å². The van der Waals surface area contributed by atoms with Crippen molar-refractivity contribution in [3.05, 3.63) is 23.3 Å². The van der Waals surface area contributed by atoms with Crippen LogP contribution in [0.4, 0.5) is 0 Å². The van der Waals surface area contributed by atoms with Gasteiger partial charge in [0.15, 0.2) is 0 Å². The predicted molar refractivity (Wildman–Crippen MR) is 53.0 cm³/mol. The molecule has 0 N–H and O–H groups in total. The first-order valence-corrected chi connectivity index (χ1v) is 5.23. The molecule has 0 amide bonds. The van der Waals surface area contributed by atoms with Crippen LogP contribution in [0.15, 0.2) is 23.3 Å². The molecule has 0 saturated heterocycles. The van der Waals surface area contributed by atoms with Crippen LogP contribution in [0.2, 0.25) is 0 Å².